The fraction of sp³-hybridized carbons (Fsp3) is 0.185. The summed E-state index contributed by atoms with van der Waals surface area (Å²) in [5.41, 5.74) is 1.23. The molecule has 0 aliphatic carbocycles. The molecule has 2 aromatic heterocycles. The highest BCUT2D eigenvalue weighted by atomic mass is 32.2. The van der Waals surface area contributed by atoms with Crippen LogP contribution in [0.3, 0.4) is 0 Å². The van der Waals surface area contributed by atoms with Gasteiger partial charge in [-0.25, -0.2) is 12.8 Å². The Bertz CT molecular complexity index is 1740. The first-order chi connectivity index (χ1) is 17.8. The van der Waals surface area contributed by atoms with Gasteiger partial charge in [-0.1, -0.05) is 37.6 Å². The summed E-state index contributed by atoms with van der Waals surface area (Å²) in [4.78, 5) is 20.7. The van der Waals surface area contributed by atoms with Crippen LogP contribution >= 0.6 is 0 Å². The first-order valence-corrected chi connectivity index (χ1v) is 13.1. The standard InChI is InChI=1S/C27H21FN4O4S/c1-2-4-18-11-17-5-3-6-19(13-29)23(17)32-25(18)31-26(33)24(27(32)34)37(35,36)22-9-7-16(8-10-22)20-12-21(28)15-30-14-20/h3,5-10,12,14-15,18,33H,2,4,11H2,1H3/t18-/m0/s1. The quantitative estimate of drug-likeness (QED) is 0.419. The van der Waals surface area contributed by atoms with Crippen molar-refractivity contribution in [2.24, 2.45) is 0 Å². The summed E-state index contributed by atoms with van der Waals surface area (Å²) >= 11 is 0. The highest BCUT2D eigenvalue weighted by molar-refractivity contribution is 7.91. The molecule has 5 rings (SSSR count). The maximum atomic E-state index is 13.8. The fourth-order valence-electron chi connectivity index (χ4n) is 4.80. The summed E-state index contributed by atoms with van der Waals surface area (Å²) in [6, 6.07) is 13.9. The van der Waals surface area contributed by atoms with Crippen molar-refractivity contribution in [1.82, 2.24) is 14.5 Å². The molecule has 0 saturated heterocycles. The molecule has 3 heterocycles. The van der Waals surface area contributed by atoms with Crippen molar-refractivity contribution in [2.45, 2.75) is 41.9 Å². The van der Waals surface area contributed by atoms with Gasteiger partial charge in [0, 0.05) is 17.7 Å². The number of pyridine rings is 1. The molecule has 186 valence electrons. The Morgan fingerprint density at radius 1 is 1.16 bits per heavy atom. The van der Waals surface area contributed by atoms with E-state index in [1.165, 1.54) is 36.5 Å². The second-order valence-corrected chi connectivity index (χ2v) is 10.7. The number of fused-ring (bicyclic) bond motifs is 3. The van der Waals surface area contributed by atoms with Crippen LogP contribution in [0.1, 0.15) is 42.6 Å². The van der Waals surface area contributed by atoms with Gasteiger partial charge in [-0.3, -0.25) is 14.3 Å². The van der Waals surface area contributed by atoms with E-state index in [4.69, 9.17) is 0 Å². The van der Waals surface area contributed by atoms with E-state index in [1.807, 2.05) is 6.92 Å². The van der Waals surface area contributed by atoms with Gasteiger partial charge in [-0.15, -0.1) is 0 Å². The average Bonchev–Trinajstić information content (AvgIpc) is 2.88. The summed E-state index contributed by atoms with van der Waals surface area (Å²) in [5, 5.41) is 20.4. The number of aromatic nitrogens is 3. The highest BCUT2D eigenvalue weighted by Gasteiger charge is 2.35. The zero-order chi connectivity index (χ0) is 26.3. The smallest absolute Gasteiger partial charge is 0.281 e. The number of hydrogen-bond acceptors (Lipinski definition) is 7. The second-order valence-electron chi connectivity index (χ2n) is 8.80. The summed E-state index contributed by atoms with van der Waals surface area (Å²) in [6.45, 7) is 1.98. The van der Waals surface area contributed by atoms with Gasteiger partial charge in [-0.2, -0.15) is 10.2 Å². The lowest BCUT2D eigenvalue weighted by atomic mass is 9.88. The van der Waals surface area contributed by atoms with E-state index in [0.29, 0.717) is 24.0 Å². The van der Waals surface area contributed by atoms with Gasteiger partial charge in [0.2, 0.25) is 15.7 Å². The van der Waals surface area contributed by atoms with E-state index < -0.39 is 32.0 Å². The SMILES string of the molecule is CCC[C@H]1Cc2cccc(C#N)c2-n2c1nc(O)c(S(=O)(=O)c1ccc(-c3cncc(F)c3)cc1)c2=O. The van der Waals surface area contributed by atoms with Crippen molar-refractivity contribution < 1.29 is 17.9 Å². The molecule has 1 N–H and O–H groups in total. The minimum atomic E-state index is -4.51. The Kier molecular flexibility index (Phi) is 6.09. The molecule has 2 aromatic carbocycles. The van der Waals surface area contributed by atoms with Gasteiger partial charge in [0.15, 0.2) is 4.90 Å². The molecule has 4 aromatic rings. The van der Waals surface area contributed by atoms with Crippen LogP contribution in [-0.4, -0.2) is 28.1 Å². The average molecular weight is 517 g/mol. The van der Waals surface area contributed by atoms with Crippen LogP contribution in [0.15, 0.2) is 75.5 Å². The third kappa shape index (κ3) is 4.07. The molecule has 0 radical (unpaired) electrons. The summed E-state index contributed by atoms with van der Waals surface area (Å²) < 4.78 is 41.9. The van der Waals surface area contributed by atoms with E-state index in [2.05, 4.69) is 16.0 Å². The second kappa shape index (κ2) is 9.26. The predicted molar refractivity (Wildman–Crippen MR) is 133 cm³/mol. The molecule has 0 saturated carbocycles. The van der Waals surface area contributed by atoms with Crippen LogP contribution in [0.5, 0.6) is 5.88 Å². The fourth-order valence-corrected chi connectivity index (χ4v) is 6.13. The molecule has 0 fully saturated rings. The molecule has 0 amide bonds. The lowest BCUT2D eigenvalue weighted by Gasteiger charge is -2.29. The van der Waals surface area contributed by atoms with Crippen molar-refractivity contribution in [1.29, 1.82) is 5.26 Å². The lowest BCUT2D eigenvalue weighted by molar-refractivity contribution is 0.414. The van der Waals surface area contributed by atoms with E-state index >= 15 is 0 Å². The predicted octanol–water partition coefficient (Wildman–Crippen LogP) is 4.28. The Hall–Kier alpha value is -4.36. The Labute approximate surface area is 212 Å². The molecule has 10 heteroatoms. The van der Waals surface area contributed by atoms with Crippen LogP contribution in [0.2, 0.25) is 0 Å². The third-order valence-corrected chi connectivity index (χ3v) is 8.24. The molecule has 1 aliphatic heterocycles. The Morgan fingerprint density at radius 2 is 1.92 bits per heavy atom. The number of hydrogen-bond donors (Lipinski definition) is 1. The van der Waals surface area contributed by atoms with Crippen LogP contribution in [0, 0.1) is 17.1 Å². The van der Waals surface area contributed by atoms with E-state index in [-0.39, 0.29) is 27.9 Å². The van der Waals surface area contributed by atoms with Crippen LogP contribution in [-0.2, 0) is 16.3 Å². The largest absolute Gasteiger partial charge is 0.492 e. The van der Waals surface area contributed by atoms with Crippen molar-refractivity contribution in [3.05, 3.63) is 94.0 Å². The number of benzene rings is 2. The van der Waals surface area contributed by atoms with Gasteiger partial charge < -0.3 is 5.11 Å². The summed E-state index contributed by atoms with van der Waals surface area (Å²) in [7, 11) is -4.51. The maximum Gasteiger partial charge on any atom is 0.281 e. The number of nitriles is 1. The van der Waals surface area contributed by atoms with E-state index in [9.17, 15) is 28.0 Å². The van der Waals surface area contributed by atoms with E-state index in [0.717, 1.165) is 22.7 Å². The molecule has 0 unspecified atom stereocenters. The van der Waals surface area contributed by atoms with Crippen LogP contribution in [0.25, 0.3) is 16.8 Å². The molecule has 8 nitrogen and oxygen atoms in total. The van der Waals surface area contributed by atoms with Gasteiger partial charge in [-0.05, 0) is 48.2 Å². The summed E-state index contributed by atoms with van der Waals surface area (Å²) in [6.07, 6.45) is 4.44. The zero-order valence-corrected chi connectivity index (χ0v) is 20.5. The molecule has 0 bridgehead atoms. The number of nitrogens with zero attached hydrogens (tertiary/aromatic N) is 4. The van der Waals surface area contributed by atoms with Crippen molar-refractivity contribution in [2.75, 3.05) is 0 Å². The topological polar surface area (TPSA) is 126 Å². The molecule has 0 spiro atoms. The van der Waals surface area contributed by atoms with Gasteiger partial charge in [0.25, 0.3) is 5.56 Å². The molecular formula is C27H21FN4O4S. The third-order valence-electron chi connectivity index (χ3n) is 6.45. The summed E-state index contributed by atoms with van der Waals surface area (Å²) in [5.74, 6) is -1.42. The van der Waals surface area contributed by atoms with E-state index in [1.54, 1.807) is 18.2 Å². The monoisotopic (exact) mass is 516 g/mol. The van der Waals surface area contributed by atoms with Crippen LogP contribution in [0.4, 0.5) is 4.39 Å². The maximum absolute atomic E-state index is 13.8. The normalized spacial score (nSPS) is 14.5. The minimum absolute atomic E-state index is 0.208. The van der Waals surface area contributed by atoms with Gasteiger partial charge in [0.05, 0.1) is 22.3 Å². The number of halogens is 1. The Balaban J connectivity index is 1.69. The number of aromatic hydroxyl groups is 1. The molecule has 1 atom stereocenters. The first kappa shape index (κ1) is 24.3. The molecule has 37 heavy (non-hydrogen) atoms. The first-order valence-electron chi connectivity index (χ1n) is 11.6. The number of para-hydroxylation sites is 1. The lowest BCUT2D eigenvalue weighted by Crippen LogP contribution is -2.34. The Morgan fingerprint density at radius 3 is 2.59 bits per heavy atom. The number of rotatable bonds is 5. The zero-order valence-electron chi connectivity index (χ0n) is 19.7. The highest BCUT2D eigenvalue weighted by Crippen LogP contribution is 2.37. The van der Waals surface area contributed by atoms with Gasteiger partial charge >= 0.3 is 0 Å². The van der Waals surface area contributed by atoms with Crippen molar-refractivity contribution >= 4 is 9.84 Å². The molecular weight excluding hydrogens is 495 g/mol. The van der Waals surface area contributed by atoms with Crippen molar-refractivity contribution in [3.8, 4) is 28.8 Å². The van der Waals surface area contributed by atoms with Gasteiger partial charge in [0.1, 0.15) is 17.7 Å². The van der Waals surface area contributed by atoms with Crippen LogP contribution < -0.4 is 5.56 Å². The van der Waals surface area contributed by atoms with Crippen molar-refractivity contribution in [3.63, 3.8) is 0 Å². The molecule has 1 aliphatic rings. The minimum Gasteiger partial charge on any atom is -0.492 e. The number of sulfone groups is 1.